The summed E-state index contributed by atoms with van der Waals surface area (Å²) in [6.45, 7) is 0.412. The number of benzene rings is 1. The van der Waals surface area contributed by atoms with Crippen LogP contribution in [0.1, 0.15) is 23.2 Å². The lowest BCUT2D eigenvalue weighted by molar-refractivity contribution is -0.137. The van der Waals surface area contributed by atoms with Gasteiger partial charge < -0.3 is 20.5 Å². The number of hydrogen-bond acceptors (Lipinski definition) is 5. The Morgan fingerprint density at radius 2 is 1.95 bits per heavy atom. The summed E-state index contributed by atoms with van der Waals surface area (Å²) in [6.07, 6.45) is 1.37. The Kier molecular flexibility index (Phi) is 4.98. The molecule has 1 heterocycles. The Morgan fingerprint density at radius 1 is 1.27 bits per heavy atom. The van der Waals surface area contributed by atoms with Crippen LogP contribution in [-0.4, -0.2) is 47.5 Å². The van der Waals surface area contributed by atoms with E-state index in [1.54, 1.807) is 0 Å². The number of carbonyl (C=O) groups is 3. The van der Waals surface area contributed by atoms with E-state index in [-0.39, 0.29) is 36.3 Å². The summed E-state index contributed by atoms with van der Waals surface area (Å²) in [5.74, 6) is -1.71. The predicted octanol–water partition coefficient (Wildman–Crippen LogP) is 0.273. The van der Waals surface area contributed by atoms with Gasteiger partial charge in [0, 0.05) is 13.1 Å². The van der Waals surface area contributed by atoms with Crippen molar-refractivity contribution in [1.82, 2.24) is 4.90 Å². The second-order valence-electron chi connectivity index (χ2n) is 5.20. The summed E-state index contributed by atoms with van der Waals surface area (Å²) < 4.78 is 4.95. The van der Waals surface area contributed by atoms with Crippen molar-refractivity contribution < 1.29 is 24.2 Å². The highest BCUT2D eigenvalue weighted by molar-refractivity contribution is 5.91. The van der Waals surface area contributed by atoms with E-state index in [4.69, 9.17) is 15.6 Å². The third-order valence-electron chi connectivity index (χ3n) is 3.61. The zero-order valence-electron chi connectivity index (χ0n) is 12.0. The first-order chi connectivity index (χ1) is 10.5. The molecule has 3 N–H and O–H groups in total. The van der Waals surface area contributed by atoms with Gasteiger partial charge in [-0.2, -0.15) is 0 Å². The van der Waals surface area contributed by atoms with Crippen LogP contribution in [0.2, 0.25) is 0 Å². The Labute approximate surface area is 127 Å². The summed E-state index contributed by atoms with van der Waals surface area (Å²) in [6, 6.07) is 5.54. The molecule has 0 spiro atoms. The number of phenols is 1. The van der Waals surface area contributed by atoms with Crippen molar-refractivity contribution in [2.24, 2.45) is 11.7 Å². The molecule has 1 fully saturated rings. The second-order valence-corrected chi connectivity index (χ2v) is 5.20. The van der Waals surface area contributed by atoms with Gasteiger partial charge in [0.25, 0.3) is 5.91 Å². The van der Waals surface area contributed by atoms with Gasteiger partial charge >= 0.3 is 5.97 Å². The summed E-state index contributed by atoms with van der Waals surface area (Å²) in [7, 11) is 0. The van der Waals surface area contributed by atoms with Crippen LogP contribution in [-0.2, 0) is 14.3 Å². The largest absolute Gasteiger partial charge is 0.508 e. The van der Waals surface area contributed by atoms with Crippen LogP contribution in [0.25, 0.3) is 0 Å². The van der Waals surface area contributed by atoms with Gasteiger partial charge in [0.15, 0.2) is 6.61 Å². The highest BCUT2D eigenvalue weighted by atomic mass is 16.5. The van der Waals surface area contributed by atoms with Crippen molar-refractivity contribution in [3.8, 4) is 5.75 Å². The van der Waals surface area contributed by atoms with Gasteiger partial charge in [-0.15, -0.1) is 0 Å². The van der Waals surface area contributed by atoms with E-state index in [0.29, 0.717) is 19.4 Å². The van der Waals surface area contributed by atoms with Crippen LogP contribution in [0.5, 0.6) is 5.75 Å². The number of likely N-dealkylation sites (tertiary alicyclic amines) is 1. The Hall–Kier alpha value is -2.57. The van der Waals surface area contributed by atoms with Crippen molar-refractivity contribution in [2.75, 3.05) is 19.7 Å². The molecule has 1 atom stereocenters. The topological polar surface area (TPSA) is 110 Å². The first-order valence-electron chi connectivity index (χ1n) is 7.00. The number of aromatic hydroxyl groups is 1. The molecule has 1 saturated heterocycles. The molecule has 7 heteroatoms. The highest BCUT2D eigenvalue weighted by Gasteiger charge is 2.27. The summed E-state index contributed by atoms with van der Waals surface area (Å²) in [4.78, 5) is 36.4. The summed E-state index contributed by atoms with van der Waals surface area (Å²) in [5, 5.41) is 9.15. The Morgan fingerprint density at radius 3 is 2.59 bits per heavy atom. The maximum Gasteiger partial charge on any atom is 0.338 e. The van der Waals surface area contributed by atoms with Crippen LogP contribution in [0.15, 0.2) is 24.3 Å². The van der Waals surface area contributed by atoms with Crippen molar-refractivity contribution in [3.63, 3.8) is 0 Å². The van der Waals surface area contributed by atoms with Gasteiger partial charge in [0.05, 0.1) is 11.5 Å². The van der Waals surface area contributed by atoms with E-state index >= 15 is 0 Å². The number of primary amides is 1. The minimum atomic E-state index is -0.642. The van der Waals surface area contributed by atoms with Crippen LogP contribution < -0.4 is 5.73 Å². The van der Waals surface area contributed by atoms with Crippen LogP contribution in [0.4, 0.5) is 0 Å². The lowest BCUT2D eigenvalue weighted by Gasteiger charge is -2.31. The number of amides is 2. The van der Waals surface area contributed by atoms with Crippen molar-refractivity contribution in [2.45, 2.75) is 12.8 Å². The van der Waals surface area contributed by atoms with Gasteiger partial charge in [-0.05, 0) is 37.1 Å². The lowest BCUT2D eigenvalue weighted by atomic mass is 9.97. The number of esters is 1. The average Bonchev–Trinajstić information content (AvgIpc) is 2.53. The van der Waals surface area contributed by atoms with Gasteiger partial charge in [0.2, 0.25) is 5.91 Å². The predicted molar refractivity (Wildman–Crippen MR) is 76.9 cm³/mol. The molecule has 0 aliphatic carbocycles. The minimum Gasteiger partial charge on any atom is -0.508 e. The van der Waals surface area contributed by atoms with Crippen LogP contribution in [0, 0.1) is 5.92 Å². The second kappa shape index (κ2) is 6.93. The maximum atomic E-state index is 12.0. The number of hydrogen-bond donors (Lipinski definition) is 2. The first kappa shape index (κ1) is 15.8. The maximum absolute atomic E-state index is 12.0. The zero-order valence-corrected chi connectivity index (χ0v) is 12.0. The van der Waals surface area contributed by atoms with E-state index in [0.717, 1.165) is 0 Å². The molecule has 7 nitrogen and oxygen atoms in total. The van der Waals surface area contributed by atoms with Gasteiger partial charge in [-0.25, -0.2) is 4.79 Å². The van der Waals surface area contributed by atoms with Gasteiger partial charge in [-0.3, -0.25) is 9.59 Å². The fourth-order valence-corrected chi connectivity index (χ4v) is 2.34. The van der Waals surface area contributed by atoms with Crippen molar-refractivity contribution >= 4 is 17.8 Å². The van der Waals surface area contributed by atoms with E-state index in [9.17, 15) is 14.4 Å². The fourth-order valence-electron chi connectivity index (χ4n) is 2.34. The third kappa shape index (κ3) is 3.97. The van der Waals surface area contributed by atoms with E-state index < -0.39 is 11.9 Å². The summed E-state index contributed by atoms with van der Waals surface area (Å²) in [5.41, 5.74) is 5.51. The summed E-state index contributed by atoms with van der Waals surface area (Å²) >= 11 is 0. The first-order valence-corrected chi connectivity index (χ1v) is 7.00. The van der Waals surface area contributed by atoms with E-state index in [1.165, 1.54) is 29.2 Å². The molecule has 2 amide bonds. The van der Waals surface area contributed by atoms with Crippen LogP contribution in [0.3, 0.4) is 0 Å². The molecule has 0 bridgehead atoms. The molecule has 2 rings (SSSR count). The molecular weight excluding hydrogens is 288 g/mol. The average molecular weight is 306 g/mol. The minimum absolute atomic E-state index is 0.0402. The number of ether oxygens (including phenoxy) is 1. The number of phenolic OH excluding ortho intramolecular Hbond substituents is 1. The van der Waals surface area contributed by atoms with Crippen LogP contribution >= 0.6 is 0 Å². The van der Waals surface area contributed by atoms with Gasteiger partial charge in [-0.1, -0.05) is 0 Å². The third-order valence-corrected chi connectivity index (χ3v) is 3.61. The SMILES string of the molecule is NC(=O)[C@H]1CCCN(C(=O)COC(=O)c2ccc(O)cc2)C1. The monoisotopic (exact) mass is 306 g/mol. The smallest absolute Gasteiger partial charge is 0.338 e. The molecule has 0 radical (unpaired) electrons. The molecule has 22 heavy (non-hydrogen) atoms. The van der Waals surface area contributed by atoms with E-state index in [1.807, 2.05) is 0 Å². The van der Waals surface area contributed by atoms with Crippen molar-refractivity contribution in [1.29, 1.82) is 0 Å². The molecule has 1 aromatic rings. The van der Waals surface area contributed by atoms with Crippen molar-refractivity contribution in [3.05, 3.63) is 29.8 Å². The normalized spacial score (nSPS) is 17.8. The number of carbonyl (C=O) groups excluding carboxylic acids is 3. The molecule has 1 aliphatic rings. The Bertz CT molecular complexity index is 570. The zero-order chi connectivity index (χ0) is 16.1. The molecule has 1 aliphatic heterocycles. The molecule has 0 unspecified atom stereocenters. The molecule has 0 aromatic heterocycles. The molecule has 1 aromatic carbocycles. The molecule has 118 valence electrons. The number of rotatable bonds is 4. The number of nitrogens with zero attached hydrogens (tertiary/aromatic N) is 1. The molecule has 0 saturated carbocycles. The number of piperidine rings is 1. The standard InChI is InChI=1S/C15H18N2O5/c16-14(20)11-2-1-7-17(8-11)13(19)9-22-15(21)10-3-5-12(18)6-4-10/h3-6,11,18H,1-2,7-9H2,(H2,16,20)/t11-/m0/s1. The van der Waals surface area contributed by atoms with E-state index in [2.05, 4.69) is 0 Å². The Balaban J connectivity index is 1.85. The number of nitrogens with two attached hydrogens (primary N) is 1. The lowest BCUT2D eigenvalue weighted by Crippen LogP contribution is -2.45. The fraction of sp³-hybridized carbons (Fsp3) is 0.400. The molecular formula is C15H18N2O5. The highest BCUT2D eigenvalue weighted by Crippen LogP contribution is 2.16. The van der Waals surface area contributed by atoms with Gasteiger partial charge in [0.1, 0.15) is 5.75 Å². The quantitative estimate of drug-likeness (QED) is 0.776.